The predicted octanol–water partition coefficient (Wildman–Crippen LogP) is 2.66. The fourth-order valence-corrected chi connectivity index (χ4v) is 3.16. The molecule has 6 nitrogen and oxygen atoms in total. The second-order valence-electron chi connectivity index (χ2n) is 6.43. The van der Waals surface area contributed by atoms with Gasteiger partial charge in [0.2, 0.25) is 5.91 Å². The maximum absolute atomic E-state index is 12.6. The molecule has 2 amide bonds. The van der Waals surface area contributed by atoms with Crippen LogP contribution in [0, 0.1) is 0 Å². The van der Waals surface area contributed by atoms with E-state index >= 15 is 0 Å². The van der Waals surface area contributed by atoms with Gasteiger partial charge in [-0.15, -0.1) is 0 Å². The number of alkyl carbamates (subject to hydrolysis) is 1. The molecule has 1 aliphatic rings. The van der Waals surface area contributed by atoms with Crippen molar-refractivity contribution >= 4 is 18.3 Å². The average molecular weight is 346 g/mol. The molecule has 25 heavy (non-hydrogen) atoms. The second-order valence-corrected chi connectivity index (χ2v) is 6.43. The Morgan fingerprint density at radius 2 is 2.12 bits per heavy atom. The maximum Gasteiger partial charge on any atom is 0.408 e. The van der Waals surface area contributed by atoms with Crippen molar-refractivity contribution in [1.29, 1.82) is 0 Å². The second kappa shape index (κ2) is 9.20. The van der Waals surface area contributed by atoms with Crippen LogP contribution in [-0.2, 0) is 20.9 Å². The first-order valence-electron chi connectivity index (χ1n) is 8.81. The van der Waals surface area contributed by atoms with Crippen molar-refractivity contribution in [3.05, 3.63) is 35.9 Å². The molecule has 1 heterocycles. The first-order chi connectivity index (χ1) is 12.1. The first-order valence-corrected chi connectivity index (χ1v) is 8.81. The van der Waals surface area contributed by atoms with E-state index in [4.69, 9.17) is 4.74 Å². The number of ether oxygens (including phenoxy) is 1. The molecule has 0 bridgehead atoms. The molecule has 1 unspecified atom stereocenters. The molecule has 0 saturated carbocycles. The molecular weight excluding hydrogens is 320 g/mol. The topological polar surface area (TPSA) is 75.7 Å². The zero-order valence-corrected chi connectivity index (χ0v) is 14.8. The van der Waals surface area contributed by atoms with Crippen molar-refractivity contribution in [1.82, 2.24) is 10.2 Å². The number of nitrogens with zero attached hydrogens (tertiary/aromatic N) is 1. The van der Waals surface area contributed by atoms with Crippen LogP contribution in [0.1, 0.15) is 45.1 Å². The summed E-state index contributed by atoms with van der Waals surface area (Å²) >= 11 is 0. The molecule has 1 aromatic carbocycles. The molecule has 6 heteroatoms. The Labute approximate surface area is 148 Å². The number of rotatable bonds is 8. The number of amides is 2. The van der Waals surface area contributed by atoms with Crippen LogP contribution in [0.4, 0.5) is 4.79 Å². The lowest BCUT2D eigenvalue weighted by Crippen LogP contribution is -2.46. The minimum absolute atomic E-state index is 0.0843. The van der Waals surface area contributed by atoms with Crippen molar-refractivity contribution in [2.75, 3.05) is 0 Å². The van der Waals surface area contributed by atoms with Crippen LogP contribution in [0.25, 0.3) is 0 Å². The molecule has 1 aliphatic heterocycles. The summed E-state index contributed by atoms with van der Waals surface area (Å²) in [5.74, 6) is -0.211. The zero-order chi connectivity index (χ0) is 18.2. The van der Waals surface area contributed by atoms with E-state index in [1.54, 1.807) is 4.90 Å². The number of carbonyl (C=O) groups excluding carboxylic acids is 3. The third-order valence-corrected chi connectivity index (χ3v) is 4.48. The fourth-order valence-electron chi connectivity index (χ4n) is 3.16. The third-order valence-electron chi connectivity index (χ3n) is 4.48. The van der Waals surface area contributed by atoms with Gasteiger partial charge < -0.3 is 19.7 Å². The summed E-state index contributed by atoms with van der Waals surface area (Å²) in [6, 6.07) is 8.20. The van der Waals surface area contributed by atoms with E-state index in [1.807, 2.05) is 44.2 Å². The molecule has 0 aromatic heterocycles. The van der Waals surface area contributed by atoms with Crippen LogP contribution in [-0.4, -0.2) is 41.3 Å². The van der Waals surface area contributed by atoms with Gasteiger partial charge in [-0.2, -0.15) is 0 Å². The molecule has 1 N–H and O–H groups in total. The van der Waals surface area contributed by atoms with E-state index < -0.39 is 18.2 Å². The SMILES string of the molecule is CCCC[C@@H](C=O)N1C(=O)[C@@H](NC(=O)OCc2ccccc2)CC1C. The lowest BCUT2D eigenvalue weighted by molar-refractivity contribution is -0.135. The minimum atomic E-state index is -0.637. The first kappa shape index (κ1) is 19.0. The van der Waals surface area contributed by atoms with Gasteiger partial charge in [-0.3, -0.25) is 4.79 Å². The predicted molar refractivity (Wildman–Crippen MR) is 93.9 cm³/mol. The van der Waals surface area contributed by atoms with Crippen molar-refractivity contribution in [3.8, 4) is 0 Å². The van der Waals surface area contributed by atoms with Crippen molar-refractivity contribution in [2.45, 2.75) is 64.3 Å². The monoisotopic (exact) mass is 346 g/mol. The smallest absolute Gasteiger partial charge is 0.408 e. The number of likely N-dealkylation sites (tertiary alicyclic amines) is 1. The minimum Gasteiger partial charge on any atom is -0.445 e. The van der Waals surface area contributed by atoms with Gasteiger partial charge in [-0.1, -0.05) is 50.1 Å². The van der Waals surface area contributed by atoms with Gasteiger partial charge in [-0.25, -0.2) is 4.79 Å². The maximum atomic E-state index is 12.6. The van der Waals surface area contributed by atoms with E-state index in [9.17, 15) is 14.4 Å². The summed E-state index contributed by atoms with van der Waals surface area (Å²) in [5.41, 5.74) is 0.881. The van der Waals surface area contributed by atoms with Crippen LogP contribution in [0.2, 0.25) is 0 Å². The number of hydrogen-bond donors (Lipinski definition) is 1. The Kier molecular flexibility index (Phi) is 6.98. The van der Waals surface area contributed by atoms with E-state index in [0.717, 1.165) is 24.7 Å². The Bertz CT molecular complexity index is 590. The summed E-state index contributed by atoms with van der Waals surface area (Å²) in [4.78, 5) is 37.5. The molecule has 2 rings (SSSR count). The van der Waals surface area contributed by atoms with Crippen molar-refractivity contribution in [2.24, 2.45) is 0 Å². The highest BCUT2D eigenvalue weighted by Crippen LogP contribution is 2.23. The largest absolute Gasteiger partial charge is 0.445 e. The Morgan fingerprint density at radius 3 is 2.76 bits per heavy atom. The normalized spacial score (nSPS) is 21.0. The summed E-state index contributed by atoms with van der Waals surface area (Å²) in [5, 5.41) is 2.63. The number of aldehydes is 1. The molecule has 0 spiro atoms. The highest BCUT2D eigenvalue weighted by molar-refractivity contribution is 5.89. The third kappa shape index (κ3) is 5.05. The lowest BCUT2D eigenvalue weighted by Gasteiger charge is -2.27. The van der Waals surface area contributed by atoms with Gasteiger partial charge in [0.1, 0.15) is 18.9 Å². The number of unbranched alkanes of at least 4 members (excludes halogenated alkanes) is 1. The van der Waals surface area contributed by atoms with Gasteiger partial charge in [0.05, 0.1) is 6.04 Å². The Morgan fingerprint density at radius 1 is 1.40 bits per heavy atom. The van der Waals surface area contributed by atoms with Crippen molar-refractivity contribution in [3.63, 3.8) is 0 Å². The van der Waals surface area contributed by atoms with E-state index in [0.29, 0.717) is 12.8 Å². The van der Waals surface area contributed by atoms with Crippen LogP contribution < -0.4 is 5.32 Å². The van der Waals surface area contributed by atoms with Gasteiger partial charge in [0.15, 0.2) is 0 Å². The van der Waals surface area contributed by atoms with Gasteiger partial charge >= 0.3 is 6.09 Å². The van der Waals surface area contributed by atoms with Crippen molar-refractivity contribution < 1.29 is 19.1 Å². The number of benzene rings is 1. The standard InChI is InChI=1S/C19H26N2O4/c1-3-4-10-16(12-22)21-14(2)11-17(18(21)23)20-19(24)25-13-15-8-6-5-7-9-15/h5-9,12,14,16-17H,3-4,10-11,13H2,1-2H3,(H,20,24)/t14?,16-,17-/m0/s1. The highest BCUT2D eigenvalue weighted by Gasteiger charge is 2.41. The van der Waals surface area contributed by atoms with Gasteiger partial charge in [0, 0.05) is 6.04 Å². The fraction of sp³-hybridized carbons (Fsp3) is 0.526. The van der Waals surface area contributed by atoms with E-state index in [1.165, 1.54) is 0 Å². The van der Waals surface area contributed by atoms with Crippen LogP contribution in [0.5, 0.6) is 0 Å². The summed E-state index contributed by atoms with van der Waals surface area (Å²) < 4.78 is 5.17. The molecule has 1 aromatic rings. The molecule has 0 radical (unpaired) electrons. The van der Waals surface area contributed by atoms with Crippen LogP contribution in [0.3, 0.4) is 0 Å². The highest BCUT2D eigenvalue weighted by atomic mass is 16.5. The number of carbonyl (C=O) groups is 3. The molecule has 0 aliphatic carbocycles. The Balaban J connectivity index is 1.89. The number of hydrogen-bond acceptors (Lipinski definition) is 4. The van der Waals surface area contributed by atoms with E-state index in [2.05, 4.69) is 5.32 Å². The summed E-state index contributed by atoms with van der Waals surface area (Å²) in [7, 11) is 0. The van der Waals surface area contributed by atoms with Crippen LogP contribution in [0.15, 0.2) is 30.3 Å². The quantitative estimate of drug-likeness (QED) is 0.734. The molecule has 3 atom stereocenters. The lowest BCUT2D eigenvalue weighted by atomic mass is 10.1. The molecule has 1 fully saturated rings. The average Bonchev–Trinajstić information content (AvgIpc) is 2.89. The zero-order valence-electron chi connectivity index (χ0n) is 14.8. The molecule has 136 valence electrons. The van der Waals surface area contributed by atoms with E-state index in [-0.39, 0.29) is 18.6 Å². The van der Waals surface area contributed by atoms with Gasteiger partial charge in [-0.05, 0) is 25.3 Å². The Hall–Kier alpha value is -2.37. The molecule has 1 saturated heterocycles. The molecular formula is C19H26N2O4. The number of nitrogens with one attached hydrogen (secondary N) is 1. The summed E-state index contributed by atoms with van der Waals surface area (Å²) in [6.45, 7) is 4.10. The van der Waals surface area contributed by atoms with Crippen LogP contribution >= 0.6 is 0 Å². The van der Waals surface area contributed by atoms with Gasteiger partial charge in [0.25, 0.3) is 0 Å². The summed E-state index contributed by atoms with van der Waals surface area (Å²) in [6.07, 6.45) is 3.20.